The molecule has 1 aromatic rings. The van der Waals surface area contributed by atoms with E-state index in [4.69, 9.17) is 0 Å². The van der Waals surface area contributed by atoms with Crippen LogP contribution in [0.3, 0.4) is 0 Å². The Morgan fingerprint density at radius 2 is 2.00 bits per heavy atom. The average Bonchev–Trinajstić information content (AvgIpc) is 2.47. The molecule has 1 heterocycles. The van der Waals surface area contributed by atoms with Crippen molar-refractivity contribution in [2.75, 3.05) is 18.0 Å². The number of unbranched alkanes of at least 4 members (excludes halogenated alkanes) is 1. The molecule has 3 nitrogen and oxygen atoms in total. The van der Waals surface area contributed by atoms with Crippen molar-refractivity contribution in [1.82, 2.24) is 10.3 Å². The highest BCUT2D eigenvalue weighted by molar-refractivity contribution is 5.47. The predicted molar refractivity (Wildman–Crippen MR) is 92.8 cm³/mol. The summed E-state index contributed by atoms with van der Waals surface area (Å²) in [6.07, 6.45) is 5.60. The van der Waals surface area contributed by atoms with Gasteiger partial charge in [-0.15, -0.1) is 0 Å². The van der Waals surface area contributed by atoms with E-state index in [1.54, 1.807) is 0 Å². The summed E-state index contributed by atoms with van der Waals surface area (Å²) in [5.41, 5.74) is 2.45. The fraction of sp³-hybridized carbons (Fsp3) is 0.722. The molecule has 21 heavy (non-hydrogen) atoms. The summed E-state index contributed by atoms with van der Waals surface area (Å²) in [6.45, 7) is 14.3. The van der Waals surface area contributed by atoms with Crippen LogP contribution in [0.2, 0.25) is 0 Å². The highest BCUT2D eigenvalue weighted by Crippen LogP contribution is 2.20. The fourth-order valence-electron chi connectivity index (χ4n) is 2.38. The number of aromatic nitrogens is 1. The molecular weight excluding hydrogens is 258 g/mol. The van der Waals surface area contributed by atoms with Gasteiger partial charge < -0.3 is 10.2 Å². The maximum absolute atomic E-state index is 4.49. The monoisotopic (exact) mass is 291 g/mol. The highest BCUT2D eigenvalue weighted by atomic mass is 15.2. The third-order valence-corrected chi connectivity index (χ3v) is 3.87. The molecule has 0 saturated carbocycles. The number of nitrogens with zero attached hydrogens (tertiary/aromatic N) is 2. The molecule has 120 valence electrons. The SMILES string of the molecule is CCCCN(c1ccnc(CNCC(C)C)c1)C(C)CC. The highest BCUT2D eigenvalue weighted by Gasteiger charge is 2.13. The van der Waals surface area contributed by atoms with Gasteiger partial charge in [0.1, 0.15) is 0 Å². The molecule has 0 spiro atoms. The molecule has 0 aliphatic rings. The lowest BCUT2D eigenvalue weighted by Crippen LogP contribution is -2.33. The van der Waals surface area contributed by atoms with Crippen molar-refractivity contribution >= 4 is 5.69 Å². The first-order chi connectivity index (χ1) is 10.1. The van der Waals surface area contributed by atoms with Gasteiger partial charge in [-0.3, -0.25) is 4.98 Å². The Balaban J connectivity index is 2.73. The zero-order valence-corrected chi connectivity index (χ0v) is 14.5. The average molecular weight is 291 g/mol. The Bertz CT molecular complexity index is 390. The van der Waals surface area contributed by atoms with E-state index in [1.165, 1.54) is 24.9 Å². The first kappa shape index (κ1) is 18.0. The summed E-state index contributed by atoms with van der Waals surface area (Å²) in [7, 11) is 0. The molecule has 0 amide bonds. The molecule has 1 N–H and O–H groups in total. The Hall–Kier alpha value is -1.09. The first-order valence-corrected chi connectivity index (χ1v) is 8.50. The Morgan fingerprint density at radius 1 is 1.24 bits per heavy atom. The molecule has 1 rings (SSSR count). The van der Waals surface area contributed by atoms with Crippen LogP contribution in [0.5, 0.6) is 0 Å². The van der Waals surface area contributed by atoms with Gasteiger partial charge in [-0.2, -0.15) is 0 Å². The minimum Gasteiger partial charge on any atom is -0.369 e. The van der Waals surface area contributed by atoms with E-state index in [-0.39, 0.29) is 0 Å². The molecule has 1 aromatic heterocycles. The van der Waals surface area contributed by atoms with E-state index in [2.05, 4.69) is 62.0 Å². The van der Waals surface area contributed by atoms with E-state index >= 15 is 0 Å². The van der Waals surface area contributed by atoms with Gasteiger partial charge in [0.2, 0.25) is 0 Å². The predicted octanol–water partition coefficient (Wildman–Crippen LogP) is 4.23. The van der Waals surface area contributed by atoms with E-state index in [9.17, 15) is 0 Å². The fourth-order valence-corrected chi connectivity index (χ4v) is 2.38. The molecule has 0 aliphatic carbocycles. The van der Waals surface area contributed by atoms with Gasteiger partial charge in [-0.05, 0) is 44.4 Å². The molecule has 0 bridgehead atoms. The standard InChI is InChI=1S/C18H33N3/c1-6-8-11-21(16(5)7-2)18-9-10-20-17(12-18)14-19-13-15(3)4/h9-10,12,15-16,19H,6-8,11,13-14H2,1-5H3. The van der Waals surface area contributed by atoms with Crippen LogP contribution >= 0.6 is 0 Å². The molecule has 3 heteroatoms. The second kappa shape index (κ2) is 9.78. The summed E-state index contributed by atoms with van der Waals surface area (Å²) < 4.78 is 0. The summed E-state index contributed by atoms with van der Waals surface area (Å²) in [5.74, 6) is 0.675. The lowest BCUT2D eigenvalue weighted by Gasteiger charge is -2.31. The van der Waals surface area contributed by atoms with Crippen molar-refractivity contribution in [3.63, 3.8) is 0 Å². The van der Waals surface area contributed by atoms with Gasteiger partial charge >= 0.3 is 0 Å². The number of rotatable bonds is 10. The molecule has 0 aliphatic heterocycles. The maximum Gasteiger partial charge on any atom is 0.0562 e. The summed E-state index contributed by atoms with van der Waals surface area (Å²) in [5, 5.41) is 3.47. The van der Waals surface area contributed by atoms with Crippen molar-refractivity contribution in [2.45, 2.75) is 66.5 Å². The van der Waals surface area contributed by atoms with Crippen LogP contribution in [0.1, 0.15) is 59.6 Å². The molecule has 0 radical (unpaired) electrons. The summed E-state index contributed by atoms with van der Waals surface area (Å²) in [6, 6.07) is 4.97. The van der Waals surface area contributed by atoms with Crippen molar-refractivity contribution in [1.29, 1.82) is 0 Å². The minimum atomic E-state index is 0.579. The zero-order valence-electron chi connectivity index (χ0n) is 14.5. The van der Waals surface area contributed by atoms with Gasteiger partial charge in [0.25, 0.3) is 0 Å². The number of hydrogen-bond donors (Lipinski definition) is 1. The van der Waals surface area contributed by atoms with Gasteiger partial charge in [-0.25, -0.2) is 0 Å². The number of hydrogen-bond acceptors (Lipinski definition) is 3. The van der Waals surface area contributed by atoms with Crippen LogP contribution in [-0.4, -0.2) is 24.1 Å². The molecule has 0 saturated heterocycles. The van der Waals surface area contributed by atoms with Crippen molar-refractivity contribution in [3.8, 4) is 0 Å². The number of anilines is 1. The lowest BCUT2D eigenvalue weighted by atomic mass is 10.1. The molecule has 0 fully saturated rings. The second-order valence-corrected chi connectivity index (χ2v) is 6.33. The quantitative estimate of drug-likeness (QED) is 0.699. The summed E-state index contributed by atoms with van der Waals surface area (Å²) in [4.78, 5) is 7.02. The third kappa shape index (κ3) is 6.47. The Labute approximate surface area is 131 Å². The van der Waals surface area contributed by atoms with Gasteiger partial charge in [0.05, 0.1) is 5.69 Å². The van der Waals surface area contributed by atoms with Crippen LogP contribution in [0.4, 0.5) is 5.69 Å². The lowest BCUT2D eigenvalue weighted by molar-refractivity contribution is 0.547. The Morgan fingerprint density at radius 3 is 2.62 bits per heavy atom. The smallest absolute Gasteiger partial charge is 0.0562 e. The van der Waals surface area contributed by atoms with Crippen molar-refractivity contribution < 1.29 is 0 Å². The second-order valence-electron chi connectivity index (χ2n) is 6.33. The normalized spacial score (nSPS) is 12.7. The van der Waals surface area contributed by atoms with E-state index in [0.29, 0.717) is 12.0 Å². The van der Waals surface area contributed by atoms with Gasteiger partial charge in [0, 0.05) is 31.0 Å². The summed E-state index contributed by atoms with van der Waals surface area (Å²) >= 11 is 0. The van der Waals surface area contributed by atoms with E-state index in [0.717, 1.165) is 25.3 Å². The van der Waals surface area contributed by atoms with Gasteiger partial charge in [-0.1, -0.05) is 34.1 Å². The van der Waals surface area contributed by atoms with Crippen LogP contribution in [-0.2, 0) is 6.54 Å². The van der Waals surface area contributed by atoms with Crippen molar-refractivity contribution in [2.24, 2.45) is 5.92 Å². The van der Waals surface area contributed by atoms with Crippen LogP contribution in [0.25, 0.3) is 0 Å². The van der Waals surface area contributed by atoms with Crippen molar-refractivity contribution in [3.05, 3.63) is 24.0 Å². The largest absolute Gasteiger partial charge is 0.369 e. The van der Waals surface area contributed by atoms with E-state index < -0.39 is 0 Å². The molecular formula is C18H33N3. The Kier molecular flexibility index (Phi) is 8.36. The van der Waals surface area contributed by atoms with Gasteiger partial charge in [0.15, 0.2) is 0 Å². The van der Waals surface area contributed by atoms with Crippen LogP contribution in [0.15, 0.2) is 18.3 Å². The number of nitrogens with one attached hydrogen (secondary N) is 1. The zero-order chi connectivity index (χ0) is 15.7. The minimum absolute atomic E-state index is 0.579. The van der Waals surface area contributed by atoms with Crippen LogP contribution in [0, 0.1) is 5.92 Å². The third-order valence-electron chi connectivity index (χ3n) is 3.87. The molecule has 1 unspecified atom stereocenters. The molecule has 1 atom stereocenters. The molecule has 0 aromatic carbocycles. The van der Waals surface area contributed by atoms with E-state index in [1.807, 2.05) is 6.20 Å². The number of pyridine rings is 1. The topological polar surface area (TPSA) is 28.2 Å². The first-order valence-electron chi connectivity index (χ1n) is 8.50. The van der Waals surface area contributed by atoms with Crippen LogP contribution < -0.4 is 10.2 Å². The maximum atomic E-state index is 4.49.